The van der Waals surface area contributed by atoms with Gasteiger partial charge in [-0.15, -0.1) is 0 Å². The Morgan fingerprint density at radius 2 is 2.00 bits per heavy atom. The summed E-state index contributed by atoms with van der Waals surface area (Å²) < 4.78 is 8.30. The van der Waals surface area contributed by atoms with Crippen molar-refractivity contribution in [2.75, 3.05) is 6.61 Å². The van der Waals surface area contributed by atoms with Crippen LogP contribution in [-0.4, -0.2) is 16.2 Å². The van der Waals surface area contributed by atoms with E-state index in [0.717, 1.165) is 22.5 Å². The van der Waals surface area contributed by atoms with Crippen LogP contribution in [0, 0.1) is 11.7 Å². The average Bonchev–Trinajstić information content (AvgIpc) is 2.77. The van der Waals surface area contributed by atoms with Gasteiger partial charge in [0.1, 0.15) is 5.75 Å². The van der Waals surface area contributed by atoms with Gasteiger partial charge in [-0.1, -0.05) is 18.2 Å². The first kappa shape index (κ1) is 12.9. The van der Waals surface area contributed by atoms with Crippen molar-refractivity contribution in [3.63, 3.8) is 0 Å². The van der Waals surface area contributed by atoms with Crippen molar-refractivity contribution in [1.29, 1.82) is 0 Å². The van der Waals surface area contributed by atoms with E-state index in [2.05, 4.69) is 24.0 Å². The van der Waals surface area contributed by atoms with Gasteiger partial charge in [-0.2, -0.15) is 0 Å². The molecule has 0 aliphatic heterocycles. The fourth-order valence-corrected chi connectivity index (χ4v) is 2.71. The van der Waals surface area contributed by atoms with Crippen LogP contribution in [0.15, 0.2) is 42.5 Å². The molecule has 3 aromatic rings. The summed E-state index contributed by atoms with van der Waals surface area (Å²) in [5, 5.41) is 0. The van der Waals surface area contributed by atoms with Gasteiger partial charge in [-0.05, 0) is 49.8 Å². The molecule has 1 aromatic heterocycles. The summed E-state index contributed by atoms with van der Waals surface area (Å²) in [4.78, 5) is 3.28. The zero-order valence-electron chi connectivity index (χ0n) is 11.5. The summed E-state index contributed by atoms with van der Waals surface area (Å²) in [6.07, 6.45) is 0. The van der Waals surface area contributed by atoms with Gasteiger partial charge in [0.25, 0.3) is 0 Å². The Labute approximate surface area is 122 Å². The number of para-hydroxylation sites is 1. The number of aromatic amines is 1. The third-order valence-corrected chi connectivity index (χ3v) is 3.60. The molecule has 0 aliphatic rings. The van der Waals surface area contributed by atoms with Gasteiger partial charge in [0, 0.05) is 6.07 Å². The van der Waals surface area contributed by atoms with Gasteiger partial charge >= 0.3 is 0 Å². The number of H-pyrrole nitrogens is 1. The highest BCUT2D eigenvalue weighted by Crippen LogP contribution is 2.24. The van der Waals surface area contributed by atoms with Crippen LogP contribution < -0.4 is 4.74 Å². The lowest BCUT2D eigenvalue weighted by Gasteiger charge is -2.08. The molecule has 0 fully saturated rings. The molecule has 0 saturated carbocycles. The van der Waals surface area contributed by atoms with Crippen molar-refractivity contribution < 1.29 is 4.74 Å². The predicted molar refractivity (Wildman–Crippen MR) is 84.4 cm³/mol. The largest absolute Gasteiger partial charge is 0.494 e. The Bertz CT molecular complexity index is 817. The highest BCUT2D eigenvalue weighted by Gasteiger charge is 2.08. The molecule has 0 bridgehead atoms. The molecule has 2 aromatic carbocycles. The number of hydrogen-bond donors (Lipinski definition) is 1. The highest BCUT2D eigenvalue weighted by atomic mass is 32.1. The zero-order chi connectivity index (χ0) is 14.1. The van der Waals surface area contributed by atoms with E-state index in [0.29, 0.717) is 11.4 Å². The Morgan fingerprint density at radius 1 is 1.20 bits per heavy atom. The van der Waals surface area contributed by atoms with E-state index < -0.39 is 0 Å². The molecule has 4 heteroatoms. The van der Waals surface area contributed by atoms with Crippen molar-refractivity contribution in [3.05, 3.63) is 52.8 Å². The number of benzene rings is 2. The summed E-state index contributed by atoms with van der Waals surface area (Å²) in [6.45, 7) is 4.71. The molecule has 0 amide bonds. The Morgan fingerprint density at radius 3 is 2.80 bits per heavy atom. The second-order valence-electron chi connectivity index (χ2n) is 4.66. The van der Waals surface area contributed by atoms with E-state index in [1.807, 2.05) is 41.8 Å². The van der Waals surface area contributed by atoms with Gasteiger partial charge in [-0.3, -0.25) is 4.57 Å². The SMILES string of the molecule is CCOc1cccc(-n2c(=S)[nH]c3c(C)cccc32)c1. The van der Waals surface area contributed by atoms with E-state index >= 15 is 0 Å². The van der Waals surface area contributed by atoms with Crippen molar-refractivity contribution in [2.45, 2.75) is 13.8 Å². The summed E-state index contributed by atoms with van der Waals surface area (Å²) in [5.74, 6) is 0.855. The maximum Gasteiger partial charge on any atom is 0.182 e. The molecular formula is C16H16N2OS. The quantitative estimate of drug-likeness (QED) is 0.723. The number of imidazole rings is 1. The van der Waals surface area contributed by atoms with E-state index in [1.165, 1.54) is 5.56 Å². The van der Waals surface area contributed by atoms with Gasteiger partial charge in [0.2, 0.25) is 0 Å². The minimum Gasteiger partial charge on any atom is -0.494 e. The molecule has 0 aliphatic carbocycles. The van der Waals surface area contributed by atoms with Gasteiger partial charge in [0.05, 0.1) is 23.3 Å². The number of fused-ring (bicyclic) bond motifs is 1. The minimum atomic E-state index is 0.655. The van der Waals surface area contributed by atoms with Gasteiger partial charge in [0.15, 0.2) is 4.77 Å². The maximum atomic E-state index is 5.56. The predicted octanol–water partition coefficient (Wildman–Crippen LogP) is 4.40. The van der Waals surface area contributed by atoms with Crippen molar-refractivity contribution in [3.8, 4) is 11.4 Å². The number of nitrogens with one attached hydrogen (secondary N) is 1. The highest BCUT2D eigenvalue weighted by molar-refractivity contribution is 7.71. The third-order valence-electron chi connectivity index (χ3n) is 3.31. The molecule has 20 heavy (non-hydrogen) atoms. The number of aryl methyl sites for hydroxylation is 1. The fraction of sp³-hybridized carbons (Fsp3) is 0.188. The van der Waals surface area contributed by atoms with E-state index in [1.54, 1.807) is 0 Å². The van der Waals surface area contributed by atoms with Gasteiger partial charge < -0.3 is 9.72 Å². The van der Waals surface area contributed by atoms with Gasteiger partial charge in [-0.25, -0.2) is 0 Å². The third kappa shape index (κ3) is 2.12. The van der Waals surface area contributed by atoms with Crippen molar-refractivity contribution in [2.24, 2.45) is 0 Å². The smallest absolute Gasteiger partial charge is 0.182 e. The van der Waals surface area contributed by atoms with Crippen LogP contribution in [0.2, 0.25) is 0 Å². The Kier molecular flexibility index (Phi) is 3.32. The summed E-state index contributed by atoms with van der Waals surface area (Å²) in [5.41, 5.74) is 4.37. The first-order valence-corrected chi connectivity index (χ1v) is 7.05. The van der Waals surface area contributed by atoms with Crippen LogP contribution in [0.25, 0.3) is 16.7 Å². The first-order chi connectivity index (χ1) is 9.70. The number of nitrogens with zero attached hydrogens (tertiary/aromatic N) is 1. The average molecular weight is 284 g/mol. The van der Waals surface area contributed by atoms with Crippen LogP contribution in [-0.2, 0) is 0 Å². The van der Waals surface area contributed by atoms with Crippen molar-refractivity contribution >= 4 is 23.3 Å². The molecule has 3 nitrogen and oxygen atoms in total. The summed E-state index contributed by atoms with van der Waals surface area (Å²) in [7, 11) is 0. The normalized spacial score (nSPS) is 10.9. The Hall–Kier alpha value is -2.07. The maximum absolute atomic E-state index is 5.56. The van der Waals surface area contributed by atoms with Crippen LogP contribution in [0.5, 0.6) is 5.75 Å². The monoisotopic (exact) mass is 284 g/mol. The Balaban J connectivity index is 2.24. The summed E-state index contributed by atoms with van der Waals surface area (Å²) in [6, 6.07) is 14.2. The topological polar surface area (TPSA) is 29.9 Å². The lowest BCUT2D eigenvalue weighted by atomic mass is 10.2. The number of rotatable bonds is 3. The first-order valence-electron chi connectivity index (χ1n) is 6.64. The molecule has 0 radical (unpaired) electrons. The zero-order valence-corrected chi connectivity index (χ0v) is 12.3. The molecule has 1 heterocycles. The molecule has 102 valence electrons. The number of hydrogen-bond acceptors (Lipinski definition) is 2. The lowest BCUT2D eigenvalue weighted by molar-refractivity contribution is 0.340. The molecule has 0 saturated heterocycles. The molecule has 0 atom stereocenters. The van der Waals surface area contributed by atoms with Crippen LogP contribution >= 0.6 is 12.2 Å². The van der Waals surface area contributed by atoms with Crippen molar-refractivity contribution in [1.82, 2.24) is 9.55 Å². The molecular weight excluding hydrogens is 268 g/mol. The number of aromatic nitrogens is 2. The molecule has 0 spiro atoms. The fourth-order valence-electron chi connectivity index (χ4n) is 2.41. The van der Waals surface area contributed by atoms with Crippen LogP contribution in [0.4, 0.5) is 0 Å². The van der Waals surface area contributed by atoms with Crippen LogP contribution in [0.1, 0.15) is 12.5 Å². The standard InChI is InChI=1S/C16H16N2OS/c1-3-19-13-8-5-7-12(10-13)18-14-9-4-6-11(2)15(14)17-16(18)20/h4-10H,3H2,1-2H3,(H,17,20). The minimum absolute atomic E-state index is 0.655. The molecule has 3 rings (SSSR count). The van der Waals surface area contributed by atoms with Crippen LogP contribution in [0.3, 0.4) is 0 Å². The lowest BCUT2D eigenvalue weighted by Crippen LogP contribution is -1.96. The van der Waals surface area contributed by atoms with E-state index in [-0.39, 0.29) is 0 Å². The molecule has 0 unspecified atom stereocenters. The van der Waals surface area contributed by atoms with E-state index in [4.69, 9.17) is 17.0 Å². The van der Waals surface area contributed by atoms with E-state index in [9.17, 15) is 0 Å². The number of ether oxygens (including phenoxy) is 1. The molecule has 1 N–H and O–H groups in total. The second-order valence-corrected chi connectivity index (χ2v) is 5.05. The summed E-state index contributed by atoms with van der Waals surface area (Å²) >= 11 is 5.47. The second kappa shape index (κ2) is 5.13.